The van der Waals surface area contributed by atoms with Gasteiger partial charge in [-0.3, -0.25) is 0 Å². The predicted molar refractivity (Wildman–Crippen MR) is 144 cm³/mol. The molecule has 2 aliphatic carbocycles. The van der Waals surface area contributed by atoms with E-state index in [0.29, 0.717) is 0 Å². The Morgan fingerprint density at radius 3 is 1.38 bits per heavy atom. The zero-order chi connectivity index (χ0) is 23.0. The molecule has 2 aromatic carbocycles. The van der Waals surface area contributed by atoms with Crippen molar-refractivity contribution in [1.82, 2.24) is 0 Å². The third-order valence-electron chi connectivity index (χ3n) is 7.44. The Kier molecular flexibility index (Phi) is 7.09. The van der Waals surface area contributed by atoms with Gasteiger partial charge in [0.15, 0.2) is 0 Å². The summed E-state index contributed by atoms with van der Waals surface area (Å²) in [5.74, 6) is -1.44. The first-order chi connectivity index (χ1) is 15.3. The fourth-order valence-electron chi connectivity index (χ4n) is 5.33. The molecule has 0 saturated heterocycles. The first-order valence-corrected chi connectivity index (χ1v) is 34.0. The molecular formula is C28H33Cl2HfSi. The van der Waals surface area contributed by atoms with Crippen molar-refractivity contribution in [3.05, 3.63) is 107 Å². The number of halogens is 2. The van der Waals surface area contributed by atoms with Gasteiger partial charge in [0.1, 0.15) is 0 Å². The summed E-state index contributed by atoms with van der Waals surface area (Å²) >= 11 is -4.62. The van der Waals surface area contributed by atoms with E-state index in [9.17, 15) is 0 Å². The molecule has 0 saturated carbocycles. The van der Waals surface area contributed by atoms with Crippen LogP contribution < -0.4 is 0 Å². The molecule has 0 fully saturated rings. The Morgan fingerprint density at radius 2 is 1.06 bits per heavy atom. The van der Waals surface area contributed by atoms with E-state index in [1.165, 1.54) is 33.4 Å². The van der Waals surface area contributed by atoms with Gasteiger partial charge in [-0.15, -0.1) is 0 Å². The van der Waals surface area contributed by atoms with E-state index in [4.69, 9.17) is 17.2 Å². The molecule has 4 heteroatoms. The van der Waals surface area contributed by atoms with Gasteiger partial charge >= 0.3 is 204 Å². The SMILES string of the molecule is CCC1=C[CH]([Hf]([Cl])([Cl])([CH]2C=C(CC)C=C2c2ccccc2)[SiH](C)C)C(c2ccccc2)=C1. The standard InChI is InChI=1S/2C13H13.C2H7Si.2ClH.Hf/c2*1-2-11-8-9-13(10-11)12-6-4-3-5-7-12;1-3-2;;;/h2*3-10H,2H2,1H3;3H,1-2H3;2*1H;/q;;;;;+2/p-2. The van der Waals surface area contributed by atoms with Gasteiger partial charge in [-0.05, 0) is 0 Å². The van der Waals surface area contributed by atoms with E-state index in [-0.39, 0.29) is 7.35 Å². The molecule has 2 aromatic rings. The van der Waals surface area contributed by atoms with Crippen molar-refractivity contribution in [3.63, 3.8) is 0 Å². The van der Waals surface area contributed by atoms with Gasteiger partial charge in [-0.2, -0.15) is 0 Å². The van der Waals surface area contributed by atoms with Crippen molar-refractivity contribution < 1.29 is 15.3 Å². The van der Waals surface area contributed by atoms with Crippen molar-refractivity contribution in [2.75, 3.05) is 0 Å². The molecule has 167 valence electrons. The summed E-state index contributed by atoms with van der Waals surface area (Å²) in [7, 11) is 16.3. The summed E-state index contributed by atoms with van der Waals surface area (Å²) in [4.78, 5) is 0. The molecule has 2 atom stereocenters. The maximum atomic E-state index is 8.15. The molecule has 0 amide bonds. The van der Waals surface area contributed by atoms with E-state index in [0.717, 1.165) is 12.8 Å². The second-order valence-corrected chi connectivity index (χ2v) is 69.1. The molecule has 0 heterocycles. The Bertz CT molecular complexity index is 1030. The van der Waals surface area contributed by atoms with Crippen LogP contribution in [-0.2, 0) is 15.3 Å². The number of rotatable bonds is 7. The Balaban J connectivity index is 1.92. The molecule has 0 aliphatic heterocycles. The van der Waals surface area contributed by atoms with E-state index in [1.54, 1.807) is 0 Å². The molecule has 4 rings (SSSR count). The van der Waals surface area contributed by atoms with Crippen LogP contribution in [0.1, 0.15) is 37.8 Å². The fraction of sp³-hybridized carbons (Fsp3) is 0.286. The summed E-state index contributed by atoms with van der Waals surface area (Å²) in [6.07, 6.45) is 11.7. The first kappa shape index (κ1) is 24.2. The van der Waals surface area contributed by atoms with Crippen LogP contribution in [0.4, 0.5) is 0 Å². The van der Waals surface area contributed by atoms with Crippen molar-refractivity contribution >= 4 is 34.3 Å². The van der Waals surface area contributed by atoms with E-state index in [1.807, 2.05) is 0 Å². The maximum absolute atomic E-state index is 8.15. The minimum absolute atomic E-state index is 0.156. The summed E-state index contributed by atoms with van der Waals surface area (Å²) in [5, 5.41) is 0. The Hall–Kier alpha value is -0.933. The number of hydrogen-bond acceptors (Lipinski definition) is 0. The number of allylic oxidation sites excluding steroid dienone is 8. The molecule has 0 bridgehead atoms. The van der Waals surface area contributed by atoms with Crippen LogP contribution >= 0.6 is 17.2 Å². The molecule has 0 aromatic heterocycles. The van der Waals surface area contributed by atoms with Gasteiger partial charge < -0.3 is 0 Å². The number of hydrogen-bond donors (Lipinski definition) is 0. The predicted octanol–water partition coefficient (Wildman–Crippen LogP) is 9.41. The van der Waals surface area contributed by atoms with Crippen LogP contribution in [0.2, 0.25) is 20.4 Å². The zero-order valence-electron chi connectivity index (χ0n) is 19.5. The average molecular weight is 647 g/mol. The van der Waals surface area contributed by atoms with Crippen molar-refractivity contribution in [1.29, 1.82) is 0 Å². The second kappa shape index (κ2) is 9.37. The number of benzene rings is 2. The fourth-order valence-corrected chi connectivity index (χ4v) is 44.0. The molecule has 0 spiro atoms. The van der Waals surface area contributed by atoms with Crippen molar-refractivity contribution in [2.24, 2.45) is 0 Å². The summed E-state index contributed by atoms with van der Waals surface area (Å²) < 4.78 is 0.313. The monoisotopic (exact) mass is 647 g/mol. The summed E-state index contributed by atoms with van der Waals surface area (Å²) in [5.41, 5.74) is 7.95. The van der Waals surface area contributed by atoms with Crippen LogP contribution in [-0.4, -0.2) is 5.98 Å². The molecule has 0 radical (unpaired) electrons. The normalized spacial score (nSPS) is 22.2. The van der Waals surface area contributed by atoms with Gasteiger partial charge in [0, 0.05) is 0 Å². The van der Waals surface area contributed by atoms with Crippen LogP contribution in [0.25, 0.3) is 11.1 Å². The van der Waals surface area contributed by atoms with Crippen LogP contribution in [0.3, 0.4) is 0 Å². The van der Waals surface area contributed by atoms with Gasteiger partial charge in [0.25, 0.3) is 0 Å². The molecule has 2 unspecified atom stereocenters. The average Bonchev–Trinajstić information content (AvgIpc) is 3.46. The Labute approximate surface area is 202 Å². The van der Waals surface area contributed by atoms with Crippen LogP contribution in [0.15, 0.2) is 96.1 Å². The third-order valence-corrected chi connectivity index (χ3v) is 80.4. The summed E-state index contributed by atoms with van der Waals surface area (Å²) in [6, 6.07) is 21.5. The van der Waals surface area contributed by atoms with Gasteiger partial charge in [-0.25, -0.2) is 0 Å². The molecular weight excluding hydrogens is 614 g/mol. The van der Waals surface area contributed by atoms with Crippen molar-refractivity contribution in [2.45, 2.75) is 47.1 Å². The first-order valence-electron chi connectivity index (χ1n) is 11.8. The second-order valence-electron chi connectivity index (χ2n) is 9.46. The van der Waals surface area contributed by atoms with Gasteiger partial charge in [-0.1, -0.05) is 0 Å². The zero-order valence-corrected chi connectivity index (χ0v) is 25.7. The van der Waals surface area contributed by atoms with Gasteiger partial charge in [0.05, 0.1) is 0 Å². The van der Waals surface area contributed by atoms with Crippen LogP contribution in [0, 0.1) is 0 Å². The van der Waals surface area contributed by atoms with Crippen LogP contribution in [0.5, 0.6) is 0 Å². The van der Waals surface area contributed by atoms with E-state index in [2.05, 4.69) is 112 Å². The van der Waals surface area contributed by atoms with E-state index < -0.39 is 21.3 Å². The Morgan fingerprint density at radius 1 is 0.688 bits per heavy atom. The molecule has 0 nitrogen and oxygen atoms in total. The topological polar surface area (TPSA) is 0 Å². The van der Waals surface area contributed by atoms with Crippen molar-refractivity contribution in [3.8, 4) is 0 Å². The van der Waals surface area contributed by atoms with Gasteiger partial charge in [0.2, 0.25) is 0 Å². The molecule has 32 heavy (non-hydrogen) atoms. The third kappa shape index (κ3) is 4.06. The molecule has 2 aliphatic rings. The summed E-state index contributed by atoms with van der Waals surface area (Å²) in [6.45, 7) is 9.26. The van der Waals surface area contributed by atoms with E-state index >= 15 is 0 Å². The minimum atomic E-state index is -4.62. The molecule has 0 N–H and O–H groups in total. The quantitative estimate of drug-likeness (QED) is 0.263.